The first-order chi connectivity index (χ1) is 13.9. The van der Waals surface area contributed by atoms with Gasteiger partial charge in [-0.05, 0) is 37.5 Å². The van der Waals surface area contributed by atoms with Gasteiger partial charge in [0.25, 0.3) is 0 Å². The Bertz CT molecular complexity index is 847. The molecule has 29 heavy (non-hydrogen) atoms. The van der Waals surface area contributed by atoms with E-state index < -0.39 is 0 Å². The SMILES string of the molecule is COc1cccc(NC(=O)CN(C)C(=O)CN(Cc2ccc(C)cc2)C2CC2)c1. The number of carbonyl (C=O) groups is 2. The molecular weight excluding hydrogens is 366 g/mol. The molecule has 0 aliphatic heterocycles. The molecule has 2 aromatic carbocycles. The number of carbonyl (C=O) groups excluding carboxylic acids is 2. The number of methoxy groups -OCH3 is 1. The average molecular weight is 396 g/mol. The quantitative estimate of drug-likeness (QED) is 0.709. The van der Waals surface area contributed by atoms with E-state index in [9.17, 15) is 9.59 Å². The predicted molar refractivity (Wildman–Crippen MR) is 114 cm³/mol. The smallest absolute Gasteiger partial charge is 0.243 e. The van der Waals surface area contributed by atoms with Crippen molar-refractivity contribution in [1.82, 2.24) is 9.80 Å². The molecule has 1 N–H and O–H groups in total. The standard InChI is InChI=1S/C23H29N3O3/c1-17-7-9-18(10-8-17)14-26(20-11-12-20)16-23(28)25(2)15-22(27)24-19-5-4-6-21(13-19)29-3/h4-10,13,20H,11-12,14-16H2,1-3H3,(H,24,27). The second-order valence-electron chi connectivity index (χ2n) is 7.65. The van der Waals surface area contributed by atoms with Gasteiger partial charge in [0, 0.05) is 31.4 Å². The lowest BCUT2D eigenvalue weighted by Gasteiger charge is -2.25. The van der Waals surface area contributed by atoms with Gasteiger partial charge in [0.05, 0.1) is 20.2 Å². The maximum absolute atomic E-state index is 12.7. The Balaban J connectivity index is 1.52. The Morgan fingerprint density at radius 3 is 2.48 bits per heavy atom. The van der Waals surface area contributed by atoms with Gasteiger partial charge in [-0.3, -0.25) is 14.5 Å². The van der Waals surface area contributed by atoms with Gasteiger partial charge in [0.1, 0.15) is 5.75 Å². The van der Waals surface area contributed by atoms with E-state index in [1.165, 1.54) is 16.0 Å². The van der Waals surface area contributed by atoms with E-state index in [4.69, 9.17) is 4.74 Å². The minimum Gasteiger partial charge on any atom is -0.497 e. The topological polar surface area (TPSA) is 61.9 Å². The molecule has 0 aromatic heterocycles. The highest BCUT2D eigenvalue weighted by Crippen LogP contribution is 2.28. The fourth-order valence-electron chi connectivity index (χ4n) is 3.18. The summed E-state index contributed by atoms with van der Waals surface area (Å²) in [6, 6.07) is 16.0. The van der Waals surface area contributed by atoms with Gasteiger partial charge in [-0.25, -0.2) is 0 Å². The summed E-state index contributed by atoms with van der Waals surface area (Å²) in [5, 5.41) is 2.81. The lowest BCUT2D eigenvalue weighted by molar-refractivity contribution is -0.134. The van der Waals surface area contributed by atoms with Crippen LogP contribution in [0.2, 0.25) is 0 Å². The van der Waals surface area contributed by atoms with Crippen LogP contribution in [0.15, 0.2) is 48.5 Å². The number of nitrogens with one attached hydrogen (secondary N) is 1. The predicted octanol–water partition coefficient (Wildman–Crippen LogP) is 3.07. The van der Waals surface area contributed by atoms with Gasteiger partial charge in [0.2, 0.25) is 11.8 Å². The first-order valence-electron chi connectivity index (χ1n) is 9.92. The van der Waals surface area contributed by atoms with Crippen LogP contribution in [0.4, 0.5) is 5.69 Å². The lowest BCUT2D eigenvalue weighted by atomic mass is 10.1. The van der Waals surface area contributed by atoms with Crippen LogP contribution in [-0.2, 0) is 16.1 Å². The summed E-state index contributed by atoms with van der Waals surface area (Å²) >= 11 is 0. The molecule has 0 unspecified atom stereocenters. The highest BCUT2D eigenvalue weighted by molar-refractivity contribution is 5.94. The van der Waals surface area contributed by atoms with Crippen molar-refractivity contribution < 1.29 is 14.3 Å². The number of aryl methyl sites for hydroxylation is 1. The van der Waals surface area contributed by atoms with E-state index in [1.807, 2.05) is 12.1 Å². The van der Waals surface area contributed by atoms with Gasteiger partial charge in [-0.2, -0.15) is 0 Å². The van der Waals surface area contributed by atoms with Crippen molar-refractivity contribution in [3.05, 3.63) is 59.7 Å². The van der Waals surface area contributed by atoms with Gasteiger partial charge in [-0.1, -0.05) is 35.9 Å². The van der Waals surface area contributed by atoms with Crippen LogP contribution in [0.25, 0.3) is 0 Å². The lowest BCUT2D eigenvalue weighted by Crippen LogP contribution is -2.42. The number of hydrogen-bond donors (Lipinski definition) is 1. The van der Waals surface area contributed by atoms with Crippen molar-refractivity contribution in [2.24, 2.45) is 0 Å². The molecule has 0 radical (unpaired) electrons. The summed E-state index contributed by atoms with van der Waals surface area (Å²) in [4.78, 5) is 28.7. The molecule has 6 nitrogen and oxygen atoms in total. The summed E-state index contributed by atoms with van der Waals surface area (Å²) in [7, 11) is 3.25. The Morgan fingerprint density at radius 1 is 1.10 bits per heavy atom. The first-order valence-corrected chi connectivity index (χ1v) is 9.92. The van der Waals surface area contributed by atoms with E-state index in [2.05, 4.69) is 41.4 Å². The van der Waals surface area contributed by atoms with Crippen molar-refractivity contribution in [2.75, 3.05) is 32.6 Å². The number of benzene rings is 2. The third-order valence-corrected chi connectivity index (χ3v) is 5.07. The molecule has 0 heterocycles. The second-order valence-corrected chi connectivity index (χ2v) is 7.65. The molecule has 0 spiro atoms. The molecule has 0 saturated heterocycles. The zero-order valence-electron chi connectivity index (χ0n) is 17.4. The first kappa shape index (κ1) is 20.9. The van der Waals surface area contributed by atoms with Crippen molar-refractivity contribution in [3.63, 3.8) is 0 Å². The minimum absolute atomic E-state index is 0.0130. The molecule has 1 aliphatic carbocycles. The minimum atomic E-state index is -0.231. The van der Waals surface area contributed by atoms with Crippen molar-refractivity contribution in [1.29, 1.82) is 0 Å². The highest BCUT2D eigenvalue weighted by atomic mass is 16.5. The molecule has 154 valence electrons. The third kappa shape index (κ3) is 6.32. The highest BCUT2D eigenvalue weighted by Gasteiger charge is 2.31. The molecule has 2 aromatic rings. The van der Waals surface area contributed by atoms with E-state index in [0.29, 0.717) is 24.0 Å². The number of rotatable bonds is 9. The fourth-order valence-corrected chi connectivity index (χ4v) is 3.18. The van der Waals surface area contributed by atoms with Crippen LogP contribution in [0.1, 0.15) is 24.0 Å². The number of likely N-dealkylation sites (N-methyl/N-ethyl adjacent to an activating group) is 1. The summed E-state index contributed by atoms with van der Waals surface area (Å²) in [6.45, 7) is 3.15. The zero-order valence-corrected chi connectivity index (χ0v) is 17.4. The van der Waals surface area contributed by atoms with Crippen molar-refractivity contribution in [3.8, 4) is 5.75 Å². The van der Waals surface area contributed by atoms with E-state index in [0.717, 1.165) is 19.4 Å². The number of nitrogens with zero attached hydrogens (tertiary/aromatic N) is 2. The summed E-state index contributed by atoms with van der Waals surface area (Å²) < 4.78 is 5.16. The number of hydrogen-bond acceptors (Lipinski definition) is 4. The van der Waals surface area contributed by atoms with Crippen molar-refractivity contribution in [2.45, 2.75) is 32.4 Å². The molecule has 0 atom stereocenters. The van der Waals surface area contributed by atoms with Crippen LogP contribution in [0.3, 0.4) is 0 Å². The molecule has 2 amide bonds. The fraction of sp³-hybridized carbons (Fsp3) is 0.391. The largest absolute Gasteiger partial charge is 0.497 e. The summed E-state index contributed by atoms with van der Waals surface area (Å²) in [6.07, 6.45) is 2.25. The maximum atomic E-state index is 12.7. The molecule has 1 saturated carbocycles. The third-order valence-electron chi connectivity index (χ3n) is 5.07. The van der Waals surface area contributed by atoms with Gasteiger partial charge in [-0.15, -0.1) is 0 Å². The Kier molecular flexibility index (Phi) is 6.88. The zero-order chi connectivity index (χ0) is 20.8. The normalized spacial score (nSPS) is 13.2. The van der Waals surface area contributed by atoms with Crippen LogP contribution in [0, 0.1) is 6.92 Å². The summed E-state index contributed by atoms with van der Waals surface area (Å²) in [5.41, 5.74) is 3.08. The monoisotopic (exact) mass is 395 g/mol. The molecule has 1 fully saturated rings. The maximum Gasteiger partial charge on any atom is 0.243 e. The van der Waals surface area contributed by atoms with E-state index in [-0.39, 0.29) is 18.4 Å². The molecule has 0 bridgehead atoms. The molecule has 3 rings (SSSR count). The Morgan fingerprint density at radius 2 is 1.83 bits per heavy atom. The molecular formula is C23H29N3O3. The second kappa shape index (κ2) is 9.56. The van der Waals surface area contributed by atoms with Crippen LogP contribution >= 0.6 is 0 Å². The Hall–Kier alpha value is -2.86. The van der Waals surface area contributed by atoms with Crippen LogP contribution in [0.5, 0.6) is 5.75 Å². The molecule has 6 heteroatoms. The Labute approximate surface area is 172 Å². The van der Waals surface area contributed by atoms with E-state index in [1.54, 1.807) is 26.3 Å². The number of ether oxygens (including phenoxy) is 1. The van der Waals surface area contributed by atoms with Gasteiger partial charge >= 0.3 is 0 Å². The van der Waals surface area contributed by atoms with Crippen molar-refractivity contribution >= 4 is 17.5 Å². The van der Waals surface area contributed by atoms with E-state index >= 15 is 0 Å². The van der Waals surface area contributed by atoms with Gasteiger partial charge in [0.15, 0.2) is 0 Å². The van der Waals surface area contributed by atoms with Crippen LogP contribution in [-0.4, -0.2) is 54.9 Å². The number of anilines is 1. The number of amides is 2. The molecule has 1 aliphatic rings. The summed E-state index contributed by atoms with van der Waals surface area (Å²) in [5.74, 6) is 0.388. The van der Waals surface area contributed by atoms with Crippen LogP contribution < -0.4 is 10.1 Å². The van der Waals surface area contributed by atoms with Gasteiger partial charge < -0.3 is 15.0 Å². The average Bonchev–Trinajstić information content (AvgIpc) is 3.54.